The average molecular weight is 459 g/mol. The van der Waals surface area contributed by atoms with E-state index in [1.807, 2.05) is 13.8 Å². The number of benzene rings is 2. The molecule has 0 saturated heterocycles. The van der Waals surface area contributed by atoms with E-state index in [9.17, 15) is 18.4 Å². The molecule has 0 aromatic heterocycles. The molecule has 0 atom stereocenters. The van der Waals surface area contributed by atoms with Crippen LogP contribution in [0.1, 0.15) is 35.3 Å². The Morgan fingerprint density at radius 1 is 1.26 bits per heavy atom. The van der Waals surface area contributed by atoms with Crippen LogP contribution in [0.25, 0.3) is 0 Å². The fourth-order valence-electron chi connectivity index (χ4n) is 2.99. The number of carbonyl (C=O) groups excluding carboxylic acids is 2. The molecule has 0 bridgehead atoms. The van der Waals surface area contributed by atoms with E-state index in [4.69, 9.17) is 11.6 Å². The van der Waals surface area contributed by atoms with Crippen LogP contribution >= 0.6 is 27.5 Å². The molecule has 27 heavy (non-hydrogen) atoms. The lowest BCUT2D eigenvalue weighted by molar-refractivity contribution is -0.119. The van der Waals surface area contributed by atoms with E-state index < -0.39 is 11.0 Å². The van der Waals surface area contributed by atoms with Gasteiger partial charge in [0.1, 0.15) is 5.75 Å². The zero-order valence-electron chi connectivity index (χ0n) is 14.4. The van der Waals surface area contributed by atoms with E-state index in [0.29, 0.717) is 21.3 Å². The maximum absolute atomic E-state index is 12.6. The van der Waals surface area contributed by atoms with Crippen molar-refractivity contribution in [1.82, 2.24) is 0 Å². The second-order valence-electron chi connectivity index (χ2n) is 6.75. The number of hydrogen-bond acceptors (Lipinski definition) is 3. The summed E-state index contributed by atoms with van der Waals surface area (Å²) in [6.07, 6.45) is 0.0696. The summed E-state index contributed by atoms with van der Waals surface area (Å²) >= 11 is 8.17. The molecule has 3 rings (SSSR count). The normalized spacial score (nSPS) is 15.3. The van der Waals surface area contributed by atoms with Crippen LogP contribution in [0.2, 0.25) is 0 Å². The first-order chi connectivity index (χ1) is 12.5. The number of hydrogen-bond donors (Lipinski definition) is 1. The lowest BCUT2D eigenvalue weighted by Gasteiger charge is -2.17. The van der Waals surface area contributed by atoms with Crippen LogP contribution in [0.5, 0.6) is 5.75 Å². The summed E-state index contributed by atoms with van der Waals surface area (Å²) in [5, 5.41) is 2.80. The van der Waals surface area contributed by atoms with Crippen LogP contribution in [0.4, 0.5) is 14.5 Å². The average Bonchev–Trinajstić information content (AvgIpc) is 2.77. The van der Waals surface area contributed by atoms with Gasteiger partial charge in [0.25, 0.3) is 0 Å². The Morgan fingerprint density at radius 2 is 1.89 bits per heavy atom. The molecule has 2 aromatic carbocycles. The predicted octanol–water partition coefficient (Wildman–Crippen LogP) is 5.27. The third kappa shape index (κ3) is 4.14. The fraction of sp³-hybridized carbons (Fsp3) is 0.263. The molecule has 1 aliphatic rings. The number of ether oxygens (including phenoxy) is 1. The highest BCUT2D eigenvalue weighted by atomic mass is 79.9. The Balaban J connectivity index is 1.79. The third-order valence-electron chi connectivity index (χ3n) is 4.37. The predicted molar refractivity (Wildman–Crippen MR) is 102 cm³/mol. The zero-order valence-corrected chi connectivity index (χ0v) is 16.7. The second kappa shape index (κ2) is 6.87. The lowest BCUT2D eigenvalue weighted by atomic mass is 9.85. The van der Waals surface area contributed by atoms with Crippen molar-refractivity contribution in [3.63, 3.8) is 0 Å². The van der Waals surface area contributed by atoms with Crippen molar-refractivity contribution in [3.05, 3.63) is 57.6 Å². The number of alkyl halides is 3. The van der Waals surface area contributed by atoms with Crippen molar-refractivity contribution >= 4 is 44.9 Å². The fourth-order valence-corrected chi connectivity index (χ4v) is 4.03. The molecular weight excluding hydrogens is 444 g/mol. The van der Waals surface area contributed by atoms with Gasteiger partial charge in [0.2, 0.25) is 5.91 Å². The van der Waals surface area contributed by atoms with E-state index in [1.165, 1.54) is 24.3 Å². The molecule has 0 aliphatic carbocycles. The minimum Gasteiger partial charge on any atom is -0.420 e. The number of carbonyl (C=O) groups is 2. The first kappa shape index (κ1) is 19.8. The van der Waals surface area contributed by atoms with Crippen molar-refractivity contribution < 1.29 is 23.1 Å². The molecule has 0 saturated carbocycles. The van der Waals surface area contributed by atoms with Crippen LogP contribution in [0.3, 0.4) is 0 Å². The van der Waals surface area contributed by atoms with Crippen molar-refractivity contribution in [2.75, 3.05) is 5.32 Å². The van der Waals surface area contributed by atoms with Gasteiger partial charge in [-0.2, -0.15) is 0 Å². The van der Waals surface area contributed by atoms with Crippen LogP contribution in [0.15, 0.2) is 40.9 Å². The molecule has 142 valence electrons. The summed E-state index contributed by atoms with van der Waals surface area (Å²) in [6.45, 7) is 3.63. The maximum Gasteiger partial charge on any atom is 0.487 e. The first-order valence-corrected chi connectivity index (χ1v) is 9.18. The zero-order chi connectivity index (χ0) is 20.0. The molecule has 1 amide bonds. The molecule has 0 radical (unpaired) electrons. The van der Waals surface area contributed by atoms with E-state index in [2.05, 4.69) is 26.0 Å². The highest BCUT2D eigenvalue weighted by Crippen LogP contribution is 2.42. The third-order valence-corrected chi connectivity index (χ3v) is 5.08. The van der Waals surface area contributed by atoms with E-state index in [1.54, 1.807) is 12.1 Å². The SMILES string of the molecule is CC1(C)C(=O)Nc2cc(C(=O)Cc3ccc(OC(F)(F)Cl)cc3)cc(Br)c21. The Hall–Kier alpha value is -1.99. The van der Waals surface area contributed by atoms with E-state index >= 15 is 0 Å². The summed E-state index contributed by atoms with van der Waals surface area (Å²) < 4.78 is 30.2. The molecule has 1 N–H and O–H groups in total. The molecule has 2 aromatic rings. The van der Waals surface area contributed by atoms with Gasteiger partial charge in [0.15, 0.2) is 5.78 Å². The summed E-state index contributed by atoms with van der Waals surface area (Å²) in [4.78, 5) is 24.7. The Morgan fingerprint density at radius 3 is 2.48 bits per heavy atom. The summed E-state index contributed by atoms with van der Waals surface area (Å²) in [5.74, 6) is -0.403. The Labute approximate surface area is 168 Å². The smallest absolute Gasteiger partial charge is 0.420 e. The molecule has 4 nitrogen and oxygen atoms in total. The quantitative estimate of drug-likeness (QED) is 0.490. The van der Waals surface area contributed by atoms with Gasteiger partial charge in [-0.1, -0.05) is 28.1 Å². The molecule has 0 fully saturated rings. The van der Waals surface area contributed by atoms with Crippen LogP contribution in [-0.2, 0) is 16.6 Å². The number of rotatable bonds is 5. The topological polar surface area (TPSA) is 55.4 Å². The number of Topliss-reactive ketones (excluding diaryl/α,β-unsaturated/α-hetero) is 1. The maximum atomic E-state index is 12.6. The van der Waals surface area contributed by atoms with Crippen molar-refractivity contribution in [2.24, 2.45) is 0 Å². The summed E-state index contributed by atoms with van der Waals surface area (Å²) in [5.41, 5.74) is -1.98. The van der Waals surface area contributed by atoms with Gasteiger partial charge < -0.3 is 10.1 Å². The number of nitrogens with one attached hydrogen (secondary N) is 1. The molecular formula is C19H15BrClF2NO3. The van der Waals surface area contributed by atoms with Crippen molar-refractivity contribution in [2.45, 2.75) is 31.3 Å². The van der Waals surface area contributed by atoms with Gasteiger partial charge in [-0.25, -0.2) is 0 Å². The second-order valence-corrected chi connectivity index (χ2v) is 8.05. The van der Waals surface area contributed by atoms with Gasteiger partial charge in [-0.15, -0.1) is 8.78 Å². The monoisotopic (exact) mass is 457 g/mol. The minimum atomic E-state index is -3.79. The van der Waals surface area contributed by atoms with E-state index in [0.717, 1.165) is 5.56 Å². The van der Waals surface area contributed by atoms with Crippen LogP contribution in [-0.4, -0.2) is 17.3 Å². The number of ketones is 1. The lowest BCUT2D eigenvalue weighted by Crippen LogP contribution is -2.27. The number of amides is 1. The van der Waals surface area contributed by atoms with Crippen LogP contribution in [0, 0.1) is 0 Å². The Bertz CT molecular complexity index is 924. The Kier molecular flexibility index (Phi) is 5.03. The highest BCUT2D eigenvalue weighted by molar-refractivity contribution is 9.10. The van der Waals surface area contributed by atoms with Crippen LogP contribution < -0.4 is 10.1 Å². The van der Waals surface area contributed by atoms with E-state index in [-0.39, 0.29) is 23.9 Å². The highest BCUT2D eigenvalue weighted by Gasteiger charge is 2.40. The number of anilines is 1. The van der Waals surface area contributed by atoms with Gasteiger partial charge in [0, 0.05) is 39.3 Å². The standard InChI is InChI=1S/C19H15BrClF2NO3/c1-18(2)16-13(20)8-11(9-14(16)24-17(18)26)15(25)7-10-3-5-12(6-4-10)27-19(21,22)23/h3-6,8-9H,7H2,1-2H3,(H,24,26). The van der Waals surface area contributed by atoms with Crippen molar-refractivity contribution in [3.8, 4) is 5.75 Å². The number of halogens is 4. The number of fused-ring (bicyclic) bond motifs is 1. The molecule has 0 spiro atoms. The molecule has 1 aliphatic heterocycles. The van der Waals surface area contributed by atoms with Crippen molar-refractivity contribution in [1.29, 1.82) is 0 Å². The molecule has 8 heteroatoms. The first-order valence-electron chi connectivity index (χ1n) is 8.01. The molecule has 1 heterocycles. The minimum absolute atomic E-state index is 0.0696. The summed E-state index contributed by atoms with van der Waals surface area (Å²) in [7, 11) is 0. The van der Waals surface area contributed by atoms with Gasteiger partial charge >= 0.3 is 5.57 Å². The van der Waals surface area contributed by atoms with Gasteiger partial charge in [-0.3, -0.25) is 9.59 Å². The van der Waals surface area contributed by atoms with Gasteiger partial charge in [0.05, 0.1) is 5.41 Å². The largest absolute Gasteiger partial charge is 0.487 e. The summed E-state index contributed by atoms with van der Waals surface area (Å²) in [6, 6.07) is 9.02. The molecule has 0 unspecified atom stereocenters. The van der Waals surface area contributed by atoms with Gasteiger partial charge in [-0.05, 0) is 43.7 Å².